The van der Waals surface area contributed by atoms with Gasteiger partial charge in [0, 0.05) is 17.1 Å². The minimum Gasteiger partial charge on any atom is -0.336 e. The molecule has 0 aliphatic heterocycles. The highest BCUT2D eigenvalue weighted by Crippen LogP contribution is 2.32. The summed E-state index contributed by atoms with van der Waals surface area (Å²) >= 11 is 9.60. The smallest absolute Gasteiger partial charge is 0.255 e. The van der Waals surface area contributed by atoms with E-state index in [4.69, 9.17) is 11.6 Å². The van der Waals surface area contributed by atoms with Crippen molar-refractivity contribution in [2.75, 3.05) is 6.54 Å². The van der Waals surface area contributed by atoms with E-state index in [-0.39, 0.29) is 5.91 Å². The third kappa shape index (κ3) is 3.73. The van der Waals surface area contributed by atoms with Crippen molar-refractivity contribution in [3.05, 3.63) is 33.3 Å². The molecule has 104 valence electrons. The molecule has 0 saturated heterocycles. The standard InChI is InChI=1S/C15H19BrClNO/c1-10(2)8-9-18(11-6-7-11)15(19)12-4-3-5-13(16)14(12)17/h3-5,10-11H,6-9H2,1-2H3. The van der Waals surface area contributed by atoms with E-state index in [9.17, 15) is 4.79 Å². The van der Waals surface area contributed by atoms with E-state index < -0.39 is 0 Å². The van der Waals surface area contributed by atoms with Crippen molar-refractivity contribution in [2.24, 2.45) is 5.92 Å². The number of hydrogen-bond acceptors (Lipinski definition) is 1. The van der Waals surface area contributed by atoms with Gasteiger partial charge in [-0.25, -0.2) is 0 Å². The third-order valence-electron chi connectivity index (χ3n) is 3.38. The second kappa shape index (κ2) is 6.27. The molecule has 4 heteroatoms. The first kappa shape index (κ1) is 14.9. The zero-order valence-electron chi connectivity index (χ0n) is 11.3. The Morgan fingerprint density at radius 1 is 1.47 bits per heavy atom. The molecule has 2 nitrogen and oxygen atoms in total. The van der Waals surface area contributed by atoms with Gasteiger partial charge >= 0.3 is 0 Å². The van der Waals surface area contributed by atoms with Crippen LogP contribution in [0.4, 0.5) is 0 Å². The van der Waals surface area contributed by atoms with Gasteiger partial charge in [0.25, 0.3) is 5.91 Å². The lowest BCUT2D eigenvalue weighted by Crippen LogP contribution is -2.34. The maximum atomic E-state index is 12.6. The molecule has 1 aliphatic rings. The van der Waals surface area contributed by atoms with Crippen LogP contribution >= 0.6 is 27.5 Å². The Labute approximate surface area is 128 Å². The maximum absolute atomic E-state index is 12.6. The number of carbonyl (C=O) groups excluding carboxylic acids is 1. The molecule has 0 heterocycles. The molecule has 0 radical (unpaired) electrons. The van der Waals surface area contributed by atoms with Gasteiger partial charge in [-0.15, -0.1) is 0 Å². The van der Waals surface area contributed by atoms with Crippen LogP contribution in [-0.2, 0) is 0 Å². The summed E-state index contributed by atoms with van der Waals surface area (Å²) in [5.74, 6) is 0.668. The topological polar surface area (TPSA) is 20.3 Å². The van der Waals surface area contributed by atoms with Crippen molar-refractivity contribution in [2.45, 2.75) is 39.2 Å². The molecule has 1 aromatic carbocycles. The average Bonchev–Trinajstić information content (AvgIpc) is 3.17. The van der Waals surface area contributed by atoms with E-state index in [1.54, 1.807) is 6.07 Å². The molecule has 19 heavy (non-hydrogen) atoms. The van der Waals surface area contributed by atoms with Gasteiger partial charge in [0.05, 0.1) is 10.6 Å². The molecule has 0 aromatic heterocycles. The highest BCUT2D eigenvalue weighted by atomic mass is 79.9. The van der Waals surface area contributed by atoms with Gasteiger partial charge in [-0.2, -0.15) is 0 Å². The predicted molar refractivity (Wildman–Crippen MR) is 82.7 cm³/mol. The van der Waals surface area contributed by atoms with Gasteiger partial charge in [-0.05, 0) is 53.2 Å². The quantitative estimate of drug-likeness (QED) is 0.754. The maximum Gasteiger partial charge on any atom is 0.255 e. The summed E-state index contributed by atoms with van der Waals surface area (Å²) in [4.78, 5) is 14.6. The highest BCUT2D eigenvalue weighted by Gasteiger charge is 2.33. The Hall–Kier alpha value is -0.540. The van der Waals surface area contributed by atoms with E-state index in [2.05, 4.69) is 29.8 Å². The molecule has 0 spiro atoms. The summed E-state index contributed by atoms with van der Waals surface area (Å²) in [5, 5.41) is 0.516. The van der Waals surface area contributed by atoms with Gasteiger partial charge in [-0.1, -0.05) is 31.5 Å². The Morgan fingerprint density at radius 3 is 2.74 bits per heavy atom. The Kier molecular flexibility index (Phi) is 4.91. The summed E-state index contributed by atoms with van der Waals surface area (Å²) < 4.78 is 0.777. The minimum atomic E-state index is 0.0643. The summed E-state index contributed by atoms with van der Waals surface area (Å²) in [5.41, 5.74) is 0.603. The molecule has 0 bridgehead atoms. The average molecular weight is 345 g/mol. The van der Waals surface area contributed by atoms with Crippen LogP contribution in [0.2, 0.25) is 5.02 Å². The normalized spacial score (nSPS) is 14.8. The number of rotatable bonds is 5. The Morgan fingerprint density at radius 2 is 2.16 bits per heavy atom. The van der Waals surface area contributed by atoms with E-state index in [1.807, 2.05) is 17.0 Å². The van der Waals surface area contributed by atoms with Crippen molar-refractivity contribution >= 4 is 33.4 Å². The monoisotopic (exact) mass is 343 g/mol. The van der Waals surface area contributed by atoms with Gasteiger partial charge in [0.15, 0.2) is 0 Å². The second-order valence-corrected chi connectivity index (χ2v) is 6.75. The summed E-state index contributed by atoms with van der Waals surface area (Å²) in [6.07, 6.45) is 3.28. The lowest BCUT2D eigenvalue weighted by molar-refractivity contribution is 0.0735. The van der Waals surface area contributed by atoms with Gasteiger partial charge in [0.2, 0.25) is 0 Å². The fourth-order valence-electron chi connectivity index (χ4n) is 2.06. The van der Waals surface area contributed by atoms with Crippen LogP contribution < -0.4 is 0 Å². The van der Waals surface area contributed by atoms with Crippen molar-refractivity contribution in [3.8, 4) is 0 Å². The number of amides is 1. The molecular formula is C15H19BrClNO. The second-order valence-electron chi connectivity index (χ2n) is 5.51. The van der Waals surface area contributed by atoms with Crippen molar-refractivity contribution in [1.29, 1.82) is 0 Å². The van der Waals surface area contributed by atoms with Gasteiger partial charge in [-0.3, -0.25) is 4.79 Å². The number of nitrogens with zero attached hydrogens (tertiary/aromatic N) is 1. The molecular weight excluding hydrogens is 326 g/mol. The fourth-order valence-corrected chi connectivity index (χ4v) is 2.63. The molecule has 1 aromatic rings. The van der Waals surface area contributed by atoms with Crippen LogP contribution in [0.1, 0.15) is 43.5 Å². The Balaban J connectivity index is 2.17. The predicted octanol–water partition coefficient (Wildman–Crippen LogP) is 4.75. The van der Waals surface area contributed by atoms with Crippen LogP contribution in [0.25, 0.3) is 0 Å². The number of hydrogen-bond donors (Lipinski definition) is 0. The van der Waals surface area contributed by atoms with Gasteiger partial charge < -0.3 is 4.90 Å². The van der Waals surface area contributed by atoms with Crippen LogP contribution in [0.3, 0.4) is 0 Å². The fraction of sp³-hybridized carbons (Fsp3) is 0.533. The first-order valence-corrected chi connectivity index (χ1v) is 7.92. The molecule has 1 aliphatic carbocycles. The van der Waals surface area contributed by atoms with Crippen LogP contribution in [-0.4, -0.2) is 23.4 Å². The molecule has 2 rings (SSSR count). The number of carbonyl (C=O) groups is 1. The summed E-state index contributed by atoms with van der Waals surface area (Å²) in [6.45, 7) is 5.19. The number of halogens is 2. The zero-order chi connectivity index (χ0) is 14.0. The molecule has 0 unspecified atom stereocenters. The van der Waals surface area contributed by atoms with Crippen molar-refractivity contribution in [3.63, 3.8) is 0 Å². The molecule has 1 amide bonds. The minimum absolute atomic E-state index is 0.0643. The Bertz CT molecular complexity index is 471. The molecule has 0 N–H and O–H groups in total. The lowest BCUT2D eigenvalue weighted by Gasteiger charge is -2.24. The number of benzene rings is 1. The van der Waals surface area contributed by atoms with E-state index in [1.165, 1.54) is 0 Å². The summed E-state index contributed by atoms with van der Waals surface area (Å²) in [7, 11) is 0. The van der Waals surface area contributed by atoms with E-state index in [0.29, 0.717) is 22.5 Å². The first-order valence-electron chi connectivity index (χ1n) is 6.75. The third-order valence-corrected chi connectivity index (χ3v) is 4.67. The largest absolute Gasteiger partial charge is 0.336 e. The van der Waals surface area contributed by atoms with Crippen LogP contribution in [0.5, 0.6) is 0 Å². The first-order chi connectivity index (χ1) is 9.00. The molecule has 1 saturated carbocycles. The summed E-state index contributed by atoms with van der Waals surface area (Å²) in [6, 6.07) is 5.94. The molecule has 1 fully saturated rings. The SMILES string of the molecule is CC(C)CCN(C(=O)c1cccc(Br)c1Cl)C1CC1. The van der Waals surface area contributed by atoms with Crippen LogP contribution in [0, 0.1) is 5.92 Å². The zero-order valence-corrected chi connectivity index (χ0v) is 13.7. The lowest BCUT2D eigenvalue weighted by atomic mass is 10.1. The van der Waals surface area contributed by atoms with Crippen LogP contribution in [0.15, 0.2) is 22.7 Å². The van der Waals surface area contributed by atoms with Crippen molar-refractivity contribution < 1.29 is 4.79 Å². The molecule has 0 atom stereocenters. The van der Waals surface area contributed by atoms with E-state index >= 15 is 0 Å². The van der Waals surface area contributed by atoms with E-state index in [0.717, 1.165) is 30.3 Å². The van der Waals surface area contributed by atoms with Crippen molar-refractivity contribution in [1.82, 2.24) is 4.90 Å². The highest BCUT2D eigenvalue weighted by molar-refractivity contribution is 9.10. The van der Waals surface area contributed by atoms with Gasteiger partial charge in [0.1, 0.15) is 0 Å².